The highest BCUT2D eigenvalue weighted by atomic mass is 19.4. The second-order valence-electron chi connectivity index (χ2n) is 4.37. The van der Waals surface area contributed by atoms with E-state index in [-0.39, 0.29) is 0 Å². The van der Waals surface area contributed by atoms with Crippen LogP contribution in [0.5, 0.6) is 0 Å². The number of ether oxygens (including phenoxy) is 1. The highest BCUT2D eigenvalue weighted by Crippen LogP contribution is 2.54. The Bertz CT molecular complexity index is 431. The van der Waals surface area contributed by atoms with Gasteiger partial charge in [-0.15, -0.1) is 0 Å². The Morgan fingerprint density at radius 2 is 1.52 bits per heavy atom. The predicted octanol–water partition coefficient (Wildman–Crippen LogP) is 3.32. The van der Waals surface area contributed by atoms with E-state index in [1.165, 1.54) is 0 Å². The van der Waals surface area contributed by atoms with E-state index in [1.54, 1.807) is 0 Å². The first-order valence-electron chi connectivity index (χ1n) is 5.77. The highest BCUT2D eigenvalue weighted by molar-refractivity contribution is 5.81. The van der Waals surface area contributed by atoms with Gasteiger partial charge in [0, 0.05) is 18.9 Å². The van der Waals surface area contributed by atoms with E-state index in [1.807, 2.05) is 0 Å². The highest BCUT2D eigenvalue weighted by Gasteiger charge is 2.81. The molecule has 0 aromatic rings. The number of esters is 1. The average Bonchev–Trinajstić information content (AvgIpc) is 2.35. The Balaban J connectivity index is 4.97. The van der Waals surface area contributed by atoms with Crippen molar-refractivity contribution in [3.63, 3.8) is 0 Å². The Morgan fingerprint density at radius 3 is 1.91 bits per heavy atom. The lowest BCUT2D eigenvalue weighted by Gasteiger charge is -2.34. The van der Waals surface area contributed by atoms with Crippen molar-refractivity contribution in [2.24, 2.45) is 0 Å². The van der Waals surface area contributed by atoms with Crippen LogP contribution in [-0.2, 0) is 9.53 Å². The van der Waals surface area contributed by atoms with Gasteiger partial charge in [-0.1, -0.05) is 6.58 Å². The molecule has 0 heterocycles. The van der Waals surface area contributed by atoms with Gasteiger partial charge >= 0.3 is 29.9 Å². The van der Waals surface area contributed by atoms with Crippen LogP contribution in [0.3, 0.4) is 0 Å². The summed E-state index contributed by atoms with van der Waals surface area (Å²) in [6, 6.07) is 0. The summed E-state index contributed by atoms with van der Waals surface area (Å²) in [6.45, 7) is 2.19. The van der Waals surface area contributed by atoms with Crippen LogP contribution in [0.2, 0.25) is 0 Å². The van der Waals surface area contributed by atoms with E-state index in [9.17, 15) is 44.3 Å². The maximum absolute atomic E-state index is 13.1. The molecule has 12 heteroatoms. The molecule has 136 valence electrons. The summed E-state index contributed by atoms with van der Waals surface area (Å²) in [6.07, 6.45) is -12.0. The lowest BCUT2D eigenvalue weighted by molar-refractivity contribution is -0.398. The second kappa shape index (κ2) is 6.97. The van der Waals surface area contributed by atoms with Gasteiger partial charge in [0.1, 0.15) is 0 Å². The van der Waals surface area contributed by atoms with Crippen molar-refractivity contribution in [2.75, 3.05) is 6.61 Å². The van der Waals surface area contributed by atoms with Gasteiger partial charge in [-0.25, -0.2) is 4.79 Å². The first-order valence-corrected chi connectivity index (χ1v) is 5.77. The molecule has 1 N–H and O–H groups in total. The summed E-state index contributed by atoms with van der Waals surface area (Å²) in [5.74, 6) is -20.7. The number of hydrogen-bond donors (Lipinski definition) is 1. The molecule has 0 aliphatic rings. The Hall–Kier alpha value is -1.46. The van der Waals surface area contributed by atoms with Crippen LogP contribution in [-0.4, -0.2) is 47.7 Å². The van der Waals surface area contributed by atoms with Crippen LogP contribution in [0, 0.1) is 0 Å². The van der Waals surface area contributed by atoms with Gasteiger partial charge in [0.15, 0.2) is 0 Å². The second-order valence-corrected chi connectivity index (χ2v) is 4.37. The van der Waals surface area contributed by atoms with Crippen molar-refractivity contribution >= 4 is 5.97 Å². The quantitative estimate of drug-likeness (QED) is 0.409. The minimum atomic E-state index is -7.00. The van der Waals surface area contributed by atoms with Crippen LogP contribution in [0.25, 0.3) is 0 Å². The molecule has 0 aliphatic heterocycles. The van der Waals surface area contributed by atoms with E-state index >= 15 is 0 Å². The van der Waals surface area contributed by atoms with Crippen molar-refractivity contribution in [2.45, 2.75) is 42.9 Å². The van der Waals surface area contributed by atoms with E-state index in [4.69, 9.17) is 5.11 Å². The summed E-state index contributed by atoms with van der Waals surface area (Å²) < 4.78 is 117. The largest absolute Gasteiger partial charge is 0.462 e. The lowest BCUT2D eigenvalue weighted by Crippen LogP contribution is -2.61. The Kier molecular flexibility index (Phi) is 6.53. The summed E-state index contributed by atoms with van der Waals surface area (Å²) in [5.41, 5.74) is 0. The summed E-state index contributed by atoms with van der Waals surface area (Å²) in [4.78, 5) is 10.6. The summed E-state index contributed by atoms with van der Waals surface area (Å²) >= 11 is 0. The standard InChI is InChI=1S/C11H11F9O3/c1-2-7(22)23-4-3-6(21)5-8(12,13)9(14,15)10(16,17)11(18,19)20/h2,6,21H,1,3-5H2. The van der Waals surface area contributed by atoms with Crippen LogP contribution >= 0.6 is 0 Å². The number of halogens is 9. The molecule has 0 bridgehead atoms. The zero-order valence-corrected chi connectivity index (χ0v) is 11.1. The SMILES string of the molecule is C=CC(=O)OCCC(O)CC(F)(F)C(F)(F)C(F)(F)C(F)(F)F. The Labute approximate surface area is 123 Å². The van der Waals surface area contributed by atoms with Gasteiger partial charge in [-0.3, -0.25) is 0 Å². The maximum atomic E-state index is 13.1. The smallest absolute Gasteiger partial charge is 0.460 e. The molecule has 1 unspecified atom stereocenters. The fraction of sp³-hybridized carbons (Fsp3) is 0.727. The van der Waals surface area contributed by atoms with Crippen molar-refractivity contribution in [3.05, 3.63) is 12.7 Å². The molecule has 3 nitrogen and oxygen atoms in total. The minimum Gasteiger partial charge on any atom is -0.462 e. The summed E-state index contributed by atoms with van der Waals surface area (Å²) in [5, 5.41) is 9.05. The zero-order valence-electron chi connectivity index (χ0n) is 11.1. The van der Waals surface area contributed by atoms with Gasteiger partial charge in [0.2, 0.25) is 0 Å². The molecule has 23 heavy (non-hydrogen) atoms. The van der Waals surface area contributed by atoms with Crippen LogP contribution < -0.4 is 0 Å². The fourth-order valence-electron chi connectivity index (χ4n) is 1.29. The van der Waals surface area contributed by atoms with E-state index in [2.05, 4.69) is 11.3 Å². The molecule has 0 aliphatic carbocycles. The number of alkyl halides is 9. The van der Waals surface area contributed by atoms with Crippen LogP contribution in [0.4, 0.5) is 39.5 Å². The summed E-state index contributed by atoms with van der Waals surface area (Å²) in [7, 11) is 0. The number of aliphatic hydroxyl groups is 1. The van der Waals surface area contributed by atoms with E-state index in [0.29, 0.717) is 6.08 Å². The van der Waals surface area contributed by atoms with Gasteiger partial charge in [0.25, 0.3) is 0 Å². The zero-order chi connectivity index (χ0) is 18.7. The van der Waals surface area contributed by atoms with E-state index < -0.39 is 55.5 Å². The molecule has 0 amide bonds. The Morgan fingerprint density at radius 1 is 1.04 bits per heavy atom. The minimum absolute atomic E-state index is 0.652. The van der Waals surface area contributed by atoms with Crippen molar-refractivity contribution in [3.8, 4) is 0 Å². The van der Waals surface area contributed by atoms with Crippen molar-refractivity contribution < 1.29 is 54.2 Å². The van der Waals surface area contributed by atoms with Crippen LogP contribution in [0.15, 0.2) is 12.7 Å². The third-order valence-electron chi connectivity index (χ3n) is 2.56. The molecule has 0 fully saturated rings. The number of carbonyl (C=O) groups is 1. The van der Waals surface area contributed by atoms with Gasteiger partial charge in [-0.05, 0) is 0 Å². The van der Waals surface area contributed by atoms with Gasteiger partial charge in [0.05, 0.1) is 12.7 Å². The van der Waals surface area contributed by atoms with Crippen LogP contribution in [0.1, 0.15) is 12.8 Å². The topological polar surface area (TPSA) is 46.5 Å². The molecular weight excluding hydrogens is 351 g/mol. The predicted molar refractivity (Wildman–Crippen MR) is 57.3 cm³/mol. The first-order chi connectivity index (χ1) is 10.1. The first kappa shape index (κ1) is 21.5. The molecule has 0 radical (unpaired) electrons. The lowest BCUT2D eigenvalue weighted by atomic mass is 9.97. The average molecular weight is 362 g/mol. The number of aliphatic hydroxyl groups excluding tert-OH is 1. The third kappa shape index (κ3) is 4.75. The number of carbonyl (C=O) groups excluding carboxylic acids is 1. The van der Waals surface area contributed by atoms with Gasteiger partial charge < -0.3 is 9.84 Å². The van der Waals surface area contributed by atoms with E-state index in [0.717, 1.165) is 0 Å². The number of hydrogen-bond acceptors (Lipinski definition) is 3. The van der Waals surface area contributed by atoms with Crippen molar-refractivity contribution in [1.82, 2.24) is 0 Å². The molecule has 0 spiro atoms. The third-order valence-corrected chi connectivity index (χ3v) is 2.56. The molecule has 0 aromatic carbocycles. The molecule has 1 atom stereocenters. The molecular formula is C11H11F9O3. The monoisotopic (exact) mass is 362 g/mol. The van der Waals surface area contributed by atoms with Gasteiger partial charge in [-0.2, -0.15) is 39.5 Å². The fourth-order valence-corrected chi connectivity index (χ4v) is 1.29. The molecule has 0 saturated carbocycles. The molecule has 0 aromatic heterocycles. The van der Waals surface area contributed by atoms with Crippen molar-refractivity contribution in [1.29, 1.82) is 0 Å². The maximum Gasteiger partial charge on any atom is 0.460 e. The normalized spacial score (nSPS) is 15.2. The number of rotatable bonds is 8. The molecule has 0 rings (SSSR count). The molecule has 0 saturated heterocycles.